The van der Waals surface area contributed by atoms with Gasteiger partial charge in [0.05, 0.1) is 11.3 Å². The van der Waals surface area contributed by atoms with Crippen molar-refractivity contribution in [3.63, 3.8) is 0 Å². The van der Waals surface area contributed by atoms with Crippen molar-refractivity contribution in [2.45, 2.75) is 46.1 Å². The van der Waals surface area contributed by atoms with Crippen molar-refractivity contribution >= 4 is 0 Å². The highest BCUT2D eigenvalue weighted by Gasteiger charge is 2.19. The molecule has 0 saturated heterocycles. The van der Waals surface area contributed by atoms with Crippen molar-refractivity contribution in [1.29, 1.82) is 0 Å². The molecular weight excluding hydrogens is 202 g/mol. The Morgan fingerprint density at radius 3 is 2.62 bits per heavy atom. The van der Waals surface area contributed by atoms with Gasteiger partial charge in [-0.3, -0.25) is 4.98 Å². The molecule has 0 aromatic carbocycles. The van der Waals surface area contributed by atoms with Gasteiger partial charge in [0.1, 0.15) is 12.4 Å². The fourth-order valence-corrected chi connectivity index (χ4v) is 1.32. The molecule has 0 spiro atoms. The lowest BCUT2D eigenvalue weighted by atomic mass is 10.1. The van der Waals surface area contributed by atoms with Crippen molar-refractivity contribution in [2.24, 2.45) is 0 Å². The van der Waals surface area contributed by atoms with Crippen LogP contribution >= 0.6 is 0 Å². The highest BCUT2D eigenvalue weighted by molar-refractivity contribution is 5.29. The molecule has 0 amide bonds. The van der Waals surface area contributed by atoms with E-state index in [2.05, 4.69) is 4.98 Å². The number of aliphatic hydroxyl groups is 1. The fraction of sp³-hybridized carbons (Fsp3) is 0.615. The van der Waals surface area contributed by atoms with Crippen LogP contribution in [0.5, 0.6) is 5.75 Å². The minimum atomic E-state index is -0.768. The largest absolute Gasteiger partial charge is 0.489 e. The zero-order valence-corrected chi connectivity index (χ0v) is 10.6. The maximum atomic E-state index is 9.86. The fourth-order valence-electron chi connectivity index (χ4n) is 1.32. The molecule has 0 radical (unpaired) electrons. The van der Waals surface area contributed by atoms with Crippen LogP contribution in [-0.4, -0.2) is 22.3 Å². The average Bonchev–Trinajstić information content (AvgIpc) is 2.27. The van der Waals surface area contributed by atoms with Crippen molar-refractivity contribution in [2.75, 3.05) is 6.61 Å². The third-order valence-corrected chi connectivity index (χ3v) is 2.71. The maximum Gasteiger partial charge on any atom is 0.140 e. The number of hydrogen-bond donors (Lipinski definition) is 1. The number of ether oxygens (including phenoxy) is 1. The molecule has 3 nitrogen and oxygen atoms in total. The van der Waals surface area contributed by atoms with Crippen LogP contribution in [0, 0.1) is 6.92 Å². The highest BCUT2D eigenvalue weighted by atomic mass is 16.5. The average molecular weight is 223 g/mol. The second-order valence-corrected chi connectivity index (χ2v) is 4.39. The van der Waals surface area contributed by atoms with E-state index in [4.69, 9.17) is 4.74 Å². The smallest absolute Gasteiger partial charge is 0.140 e. The standard InChI is InChI=1S/C13H21NO2/c1-5-11-12(8-7-10(3)14-11)16-9-13(4,15)6-2/h7-8,15H,5-6,9H2,1-4H3. The summed E-state index contributed by atoms with van der Waals surface area (Å²) in [5.41, 5.74) is 1.17. The first-order chi connectivity index (χ1) is 7.48. The van der Waals surface area contributed by atoms with Gasteiger partial charge in [-0.15, -0.1) is 0 Å². The van der Waals surface area contributed by atoms with Crippen molar-refractivity contribution < 1.29 is 9.84 Å². The minimum absolute atomic E-state index is 0.307. The summed E-state index contributed by atoms with van der Waals surface area (Å²) in [4.78, 5) is 4.41. The highest BCUT2D eigenvalue weighted by Crippen LogP contribution is 2.19. The van der Waals surface area contributed by atoms with E-state index in [0.29, 0.717) is 13.0 Å². The van der Waals surface area contributed by atoms with Gasteiger partial charge in [0.15, 0.2) is 0 Å². The van der Waals surface area contributed by atoms with Crippen molar-refractivity contribution in [1.82, 2.24) is 4.98 Å². The summed E-state index contributed by atoms with van der Waals surface area (Å²) in [6.45, 7) is 8.04. The third kappa shape index (κ3) is 3.49. The molecule has 0 aliphatic heterocycles. The lowest BCUT2D eigenvalue weighted by Gasteiger charge is -2.22. The van der Waals surface area contributed by atoms with Gasteiger partial charge in [0.25, 0.3) is 0 Å². The molecule has 1 N–H and O–H groups in total. The Bertz CT molecular complexity index is 348. The van der Waals surface area contributed by atoms with Gasteiger partial charge in [0, 0.05) is 5.69 Å². The molecule has 0 saturated carbocycles. The zero-order valence-electron chi connectivity index (χ0n) is 10.6. The Morgan fingerprint density at radius 1 is 1.38 bits per heavy atom. The van der Waals surface area contributed by atoms with Gasteiger partial charge in [-0.1, -0.05) is 13.8 Å². The van der Waals surface area contributed by atoms with Crippen molar-refractivity contribution in [3.8, 4) is 5.75 Å². The Balaban J connectivity index is 2.74. The maximum absolute atomic E-state index is 9.86. The van der Waals surface area contributed by atoms with E-state index in [1.165, 1.54) is 0 Å². The van der Waals surface area contributed by atoms with E-state index in [9.17, 15) is 5.11 Å². The van der Waals surface area contributed by atoms with Gasteiger partial charge >= 0.3 is 0 Å². The molecule has 0 fully saturated rings. The molecule has 90 valence electrons. The molecule has 1 aromatic heterocycles. The van der Waals surface area contributed by atoms with Crippen LogP contribution in [0.3, 0.4) is 0 Å². The first-order valence-corrected chi connectivity index (χ1v) is 5.80. The summed E-state index contributed by atoms with van der Waals surface area (Å²) in [6.07, 6.45) is 1.51. The van der Waals surface area contributed by atoms with E-state index >= 15 is 0 Å². The molecule has 0 aliphatic rings. The van der Waals surface area contributed by atoms with E-state index in [-0.39, 0.29) is 0 Å². The summed E-state index contributed by atoms with van der Waals surface area (Å²) < 4.78 is 5.63. The van der Waals surface area contributed by atoms with Gasteiger partial charge in [0.2, 0.25) is 0 Å². The molecule has 1 aromatic rings. The summed E-state index contributed by atoms with van der Waals surface area (Å²) in [5, 5.41) is 9.86. The minimum Gasteiger partial charge on any atom is -0.489 e. The monoisotopic (exact) mass is 223 g/mol. The number of rotatable bonds is 5. The summed E-state index contributed by atoms with van der Waals surface area (Å²) in [5.74, 6) is 0.779. The number of pyridine rings is 1. The van der Waals surface area contributed by atoms with Crippen LogP contribution in [0.25, 0.3) is 0 Å². The predicted molar refractivity (Wildman–Crippen MR) is 64.8 cm³/mol. The van der Waals surface area contributed by atoms with Crippen LogP contribution < -0.4 is 4.74 Å². The van der Waals surface area contributed by atoms with Gasteiger partial charge in [-0.25, -0.2) is 0 Å². The van der Waals surface area contributed by atoms with Crippen molar-refractivity contribution in [3.05, 3.63) is 23.5 Å². The van der Waals surface area contributed by atoms with E-state index in [1.54, 1.807) is 6.92 Å². The summed E-state index contributed by atoms with van der Waals surface area (Å²) >= 11 is 0. The number of aromatic nitrogens is 1. The normalized spacial score (nSPS) is 14.6. The molecule has 16 heavy (non-hydrogen) atoms. The predicted octanol–water partition coefficient (Wildman–Crippen LogP) is 2.49. The number of aryl methyl sites for hydroxylation is 2. The summed E-state index contributed by atoms with van der Waals surface area (Å²) in [6, 6.07) is 3.85. The van der Waals surface area contributed by atoms with Gasteiger partial charge in [-0.2, -0.15) is 0 Å². The van der Waals surface area contributed by atoms with E-state index in [1.807, 2.05) is 32.9 Å². The quantitative estimate of drug-likeness (QED) is 0.834. The third-order valence-electron chi connectivity index (χ3n) is 2.71. The summed E-state index contributed by atoms with van der Waals surface area (Å²) in [7, 11) is 0. The second-order valence-electron chi connectivity index (χ2n) is 4.39. The second kappa shape index (κ2) is 5.30. The molecule has 0 aliphatic carbocycles. The Morgan fingerprint density at radius 2 is 2.06 bits per heavy atom. The van der Waals surface area contributed by atoms with Gasteiger partial charge < -0.3 is 9.84 Å². The first-order valence-electron chi connectivity index (χ1n) is 5.80. The molecular formula is C13H21NO2. The molecule has 1 heterocycles. The first kappa shape index (κ1) is 13.0. The van der Waals surface area contributed by atoms with Crippen LogP contribution in [0.4, 0.5) is 0 Å². The van der Waals surface area contributed by atoms with E-state index in [0.717, 1.165) is 23.6 Å². The number of nitrogens with zero attached hydrogens (tertiary/aromatic N) is 1. The molecule has 3 heteroatoms. The molecule has 0 bridgehead atoms. The Hall–Kier alpha value is -1.09. The number of hydrogen-bond acceptors (Lipinski definition) is 3. The Labute approximate surface area is 97.5 Å². The molecule has 1 rings (SSSR count). The lowest BCUT2D eigenvalue weighted by Crippen LogP contribution is -2.31. The molecule has 1 unspecified atom stereocenters. The zero-order chi connectivity index (χ0) is 12.2. The van der Waals surface area contributed by atoms with Crippen LogP contribution in [0.15, 0.2) is 12.1 Å². The van der Waals surface area contributed by atoms with Crippen LogP contribution in [-0.2, 0) is 6.42 Å². The topological polar surface area (TPSA) is 42.4 Å². The van der Waals surface area contributed by atoms with Crippen LogP contribution in [0.1, 0.15) is 38.6 Å². The lowest BCUT2D eigenvalue weighted by molar-refractivity contribution is 0.00806. The molecule has 1 atom stereocenters. The van der Waals surface area contributed by atoms with E-state index < -0.39 is 5.60 Å². The van der Waals surface area contributed by atoms with Crippen LogP contribution in [0.2, 0.25) is 0 Å². The van der Waals surface area contributed by atoms with Gasteiger partial charge in [-0.05, 0) is 38.8 Å². The SMILES string of the molecule is CCc1nc(C)ccc1OCC(C)(O)CC. The Kier molecular flexibility index (Phi) is 4.30.